The number of carbonyl (C=O) groups is 2. The molecule has 1 aliphatic heterocycles. The lowest BCUT2D eigenvalue weighted by Crippen LogP contribution is -2.51. The minimum absolute atomic E-state index is 0.187. The zero-order valence-corrected chi connectivity index (χ0v) is 13.9. The third-order valence-corrected chi connectivity index (χ3v) is 4.09. The number of aromatic nitrogens is 1. The molecule has 3 rings (SSSR count). The highest BCUT2D eigenvalue weighted by Crippen LogP contribution is 2.30. The van der Waals surface area contributed by atoms with Crippen LogP contribution in [0.5, 0.6) is 0 Å². The van der Waals surface area contributed by atoms with E-state index < -0.39 is 18.1 Å². The summed E-state index contributed by atoms with van der Waals surface area (Å²) in [7, 11) is 1.60. The molecule has 25 heavy (non-hydrogen) atoms. The largest absolute Gasteiger partial charge is 0.356 e. The number of anilines is 1. The maximum Gasteiger partial charge on any atom is 0.257 e. The molecule has 1 aromatic carbocycles. The third kappa shape index (κ3) is 3.66. The van der Waals surface area contributed by atoms with Gasteiger partial charge in [0, 0.05) is 12.7 Å². The molecule has 1 aromatic heterocycles. The molecule has 1 N–H and O–H groups in total. The van der Waals surface area contributed by atoms with Gasteiger partial charge in [0.05, 0.1) is 6.04 Å². The van der Waals surface area contributed by atoms with Crippen molar-refractivity contribution in [3.05, 3.63) is 59.5 Å². The van der Waals surface area contributed by atoms with Crippen LogP contribution in [0.1, 0.15) is 17.3 Å². The molecule has 130 valence electrons. The van der Waals surface area contributed by atoms with Crippen LogP contribution < -0.4 is 5.32 Å². The molecule has 0 spiro atoms. The highest BCUT2D eigenvalue weighted by Gasteiger charge is 2.40. The van der Waals surface area contributed by atoms with Crippen molar-refractivity contribution in [2.75, 3.05) is 19.0 Å². The SMILES string of the molecule is Cc1cccc(NC(=O)[C@H]2OCC(=O)N(C)[C@H]2c2ccc(F)cc2)n1. The average Bonchev–Trinajstić information content (AvgIpc) is 2.58. The highest BCUT2D eigenvalue weighted by molar-refractivity contribution is 5.95. The van der Waals surface area contributed by atoms with E-state index in [1.165, 1.54) is 17.0 Å². The summed E-state index contributed by atoms with van der Waals surface area (Å²) in [6, 6.07) is 10.3. The van der Waals surface area contributed by atoms with Crippen molar-refractivity contribution in [2.45, 2.75) is 19.1 Å². The quantitative estimate of drug-likeness (QED) is 0.926. The van der Waals surface area contributed by atoms with Gasteiger partial charge in [-0.1, -0.05) is 18.2 Å². The van der Waals surface area contributed by atoms with Crippen LogP contribution in [-0.2, 0) is 14.3 Å². The molecule has 0 unspecified atom stereocenters. The number of morpholine rings is 1. The molecule has 7 heteroatoms. The van der Waals surface area contributed by atoms with Gasteiger partial charge in [-0.15, -0.1) is 0 Å². The molecule has 0 aliphatic carbocycles. The molecule has 1 aliphatic rings. The highest BCUT2D eigenvalue weighted by atomic mass is 19.1. The summed E-state index contributed by atoms with van der Waals surface area (Å²) < 4.78 is 18.7. The van der Waals surface area contributed by atoms with Gasteiger partial charge in [0.15, 0.2) is 6.10 Å². The summed E-state index contributed by atoms with van der Waals surface area (Å²) in [5.74, 6) is -0.635. The number of carbonyl (C=O) groups excluding carboxylic acids is 2. The van der Waals surface area contributed by atoms with Crippen molar-refractivity contribution in [3.63, 3.8) is 0 Å². The molecule has 2 atom stereocenters. The van der Waals surface area contributed by atoms with Gasteiger partial charge in [-0.2, -0.15) is 0 Å². The molecule has 1 saturated heterocycles. The minimum Gasteiger partial charge on any atom is -0.356 e. The van der Waals surface area contributed by atoms with E-state index in [9.17, 15) is 14.0 Å². The maximum atomic E-state index is 13.2. The van der Waals surface area contributed by atoms with Crippen molar-refractivity contribution >= 4 is 17.6 Å². The van der Waals surface area contributed by atoms with E-state index in [1.54, 1.807) is 31.3 Å². The molecule has 1 fully saturated rings. The number of aryl methyl sites for hydroxylation is 1. The summed E-state index contributed by atoms with van der Waals surface area (Å²) in [6.07, 6.45) is -0.921. The van der Waals surface area contributed by atoms with Gasteiger partial charge in [-0.05, 0) is 36.8 Å². The first-order valence-electron chi connectivity index (χ1n) is 7.83. The van der Waals surface area contributed by atoms with Crippen molar-refractivity contribution in [1.29, 1.82) is 0 Å². The normalized spacial score (nSPS) is 20.4. The molecule has 0 saturated carbocycles. The Balaban J connectivity index is 1.87. The molecule has 2 heterocycles. The lowest BCUT2D eigenvalue weighted by atomic mass is 9.97. The zero-order valence-electron chi connectivity index (χ0n) is 13.9. The van der Waals surface area contributed by atoms with Crippen LogP contribution in [0.4, 0.5) is 10.2 Å². The number of rotatable bonds is 3. The second-order valence-corrected chi connectivity index (χ2v) is 5.89. The number of halogens is 1. The second kappa shape index (κ2) is 6.98. The number of ether oxygens (including phenoxy) is 1. The molecular weight excluding hydrogens is 325 g/mol. The van der Waals surface area contributed by atoms with E-state index >= 15 is 0 Å². The van der Waals surface area contributed by atoms with Gasteiger partial charge in [0.2, 0.25) is 5.91 Å². The number of hydrogen-bond acceptors (Lipinski definition) is 4. The number of nitrogens with one attached hydrogen (secondary N) is 1. The van der Waals surface area contributed by atoms with Gasteiger partial charge in [0.1, 0.15) is 18.2 Å². The van der Waals surface area contributed by atoms with Crippen molar-refractivity contribution in [2.24, 2.45) is 0 Å². The maximum absolute atomic E-state index is 13.2. The number of benzene rings is 1. The Labute approximate surface area is 144 Å². The van der Waals surface area contributed by atoms with E-state index in [1.807, 2.05) is 13.0 Å². The fraction of sp³-hybridized carbons (Fsp3) is 0.278. The summed E-state index contributed by atoms with van der Waals surface area (Å²) in [5.41, 5.74) is 1.39. The van der Waals surface area contributed by atoms with Gasteiger partial charge in [-0.3, -0.25) is 9.59 Å². The number of pyridine rings is 1. The first kappa shape index (κ1) is 17.0. The Morgan fingerprint density at radius 3 is 2.68 bits per heavy atom. The first-order chi connectivity index (χ1) is 12.0. The van der Waals surface area contributed by atoms with Gasteiger partial charge in [0.25, 0.3) is 5.91 Å². The Kier molecular flexibility index (Phi) is 4.76. The van der Waals surface area contributed by atoms with E-state index in [0.29, 0.717) is 11.4 Å². The fourth-order valence-electron chi connectivity index (χ4n) is 2.80. The van der Waals surface area contributed by atoms with E-state index in [-0.39, 0.29) is 18.3 Å². The molecular formula is C18H18FN3O3. The molecule has 6 nitrogen and oxygen atoms in total. The van der Waals surface area contributed by atoms with E-state index in [4.69, 9.17) is 4.74 Å². The minimum atomic E-state index is -0.921. The monoisotopic (exact) mass is 343 g/mol. The Bertz CT molecular complexity index is 794. The van der Waals surface area contributed by atoms with Crippen LogP contribution >= 0.6 is 0 Å². The summed E-state index contributed by atoms with van der Waals surface area (Å²) >= 11 is 0. The Morgan fingerprint density at radius 1 is 1.28 bits per heavy atom. The van der Waals surface area contributed by atoms with Crippen LogP contribution in [0, 0.1) is 12.7 Å². The Hall–Kier alpha value is -2.80. The fourth-order valence-corrected chi connectivity index (χ4v) is 2.80. The van der Waals surface area contributed by atoms with Gasteiger partial charge in [-0.25, -0.2) is 9.37 Å². The number of amides is 2. The van der Waals surface area contributed by atoms with Gasteiger partial charge < -0.3 is 15.0 Å². The zero-order chi connectivity index (χ0) is 18.0. The van der Waals surface area contributed by atoms with E-state index in [0.717, 1.165) is 5.69 Å². The average molecular weight is 343 g/mol. The van der Waals surface area contributed by atoms with Crippen LogP contribution in [0.2, 0.25) is 0 Å². The second-order valence-electron chi connectivity index (χ2n) is 5.89. The van der Waals surface area contributed by atoms with E-state index in [2.05, 4.69) is 10.3 Å². The first-order valence-corrected chi connectivity index (χ1v) is 7.83. The number of likely N-dealkylation sites (N-methyl/N-ethyl adjacent to an activating group) is 1. The van der Waals surface area contributed by atoms with Crippen LogP contribution in [-0.4, -0.2) is 41.5 Å². The molecule has 0 bridgehead atoms. The third-order valence-electron chi connectivity index (χ3n) is 4.09. The van der Waals surface area contributed by atoms with Crippen molar-refractivity contribution < 1.29 is 18.7 Å². The standard InChI is InChI=1S/C18H18FN3O3/c1-11-4-3-5-14(20-11)21-18(24)17-16(22(2)15(23)10-25-17)12-6-8-13(19)9-7-12/h3-9,16-17H,10H2,1-2H3,(H,20,21,24)/t16-,17-/m0/s1. The Morgan fingerprint density at radius 2 is 2.00 bits per heavy atom. The summed E-state index contributed by atoms with van der Waals surface area (Å²) in [5, 5.41) is 2.71. The lowest BCUT2D eigenvalue weighted by Gasteiger charge is -2.38. The predicted molar refractivity (Wildman–Crippen MR) is 89.3 cm³/mol. The van der Waals surface area contributed by atoms with Crippen molar-refractivity contribution in [3.8, 4) is 0 Å². The van der Waals surface area contributed by atoms with Crippen LogP contribution in [0.25, 0.3) is 0 Å². The smallest absolute Gasteiger partial charge is 0.257 e. The van der Waals surface area contributed by atoms with Gasteiger partial charge >= 0.3 is 0 Å². The molecule has 0 radical (unpaired) electrons. The predicted octanol–water partition coefficient (Wildman–Crippen LogP) is 2.07. The number of nitrogens with zero attached hydrogens (tertiary/aromatic N) is 2. The number of hydrogen-bond donors (Lipinski definition) is 1. The molecule has 2 amide bonds. The summed E-state index contributed by atoms with van der Waals surface area (Å²) in [4.78, 5) is 30.4. The van der Waals surface area contributed by atoms with Crippen LogP contribution in [0.3, 0.4) is 0 Å². The van der Waals surface area contributed by atoms with Crippen LogP contribution in [0.15, 0.2) is 42.5 Å². The molecule has 2 aromatic rings. The van der Waals surface area contributed by atoms with Crippen molar-refractivity contribution in [1.82, 2.24) is 9.88 Å². The topological polar surface area (TPSA) is 71.5 Å². The summed E-state index contributed by atoms with van der Waals surface area (Å²) in [6.45, 7) is 1.63. The lowest BCUT2D eigenvalue weighted by molar-refractivity contribution is -0.160.